The Bertz CT molecular complexity index is 1270. The molecule has 2 N–H and O–H groups in total. The number of nitrogens with zero attached hydrogens (tertiary/aromatic N) is 2. The van der Waals surface area contributed by atoms with Crippen molar-refractivity contribution < 1.29 is 14.2 Å². The van der Waals surface area contributed by atoms with Crippen LogP contribution in [-0.4, -0.2) is 24.2 Å². The average molecular weight is 432 g/mol. The fourth-order valence-electron chi connectivity index (χ4n) is 3.06. The molecule has 3 aromatic heterocycles. The second-order valence-electron chi connectivity index (χ2n) is 6.49. The summed E-state index contributed by atoms with van der Waals surface area (Å²) in [7, 11) is 3.24. The van der Waals surface area contributed by atoms with Gasteiger partial charge in [0.1, 0.15) is 5.75 Å². The Morgan fingerprint density at radius 1 is 0.742 bits per heavy atom. The zero-order valence-electron chi connectivity index (χ0n) is 17.1. The van der Waals surface area contributed by atoms with Gasteiger partial charge in [-0.3, -0.25) is 9.97 Å². The van der Waals surface area contributed by atoms with Crippen molar-refractivity contribution >= 4 is 38.1 Å². The maximum atomic E-state index is 5.81. The van der Waals surface area contributed by atoms with Crippen LogP contribution < -0.4 is 19.9 Å². The highest BCUT2D eigenvalue weighted by Gasteiger charge is 2.06. The largest absolute Gasteiger partial charge is 0.493 e. The van der Waals surface area contributed by atoms with E-state index in [1.54, 1.807) is 26.6 Å². The number of thiophene rings is 1. The lowest BCUT2D eigenvalue weighted by Crippen LogP contribution is -1.90. The Balaban J connectivity index is 0.000000152. The van der Waals surface area contributed by atoms with E-state index in [0.717, 1.165) is 43.4 Å². The monoisotopic (exact) mass is 431 g/mol. The predicted octanol–water partition coefficient (Wildman–Crippen LogP) is 5.92. The van der Waals surface area contributed by atoms with Crippen LogP contribution in [0.4, 0.5) is 5.00 Å². The quantitative estimate of drug-likeness (QED) is 0.380. The van der Waals surface area contributed by atoms with Gasteiger partial charge in [-0.1, -0.05) is 29.5 Å². The molecule has 2 aromatic carbocycles. The Labute approximate surface area is 183 Å². The molecule has 0 bridgehead atoms. The second kappa shape index (κ2) is 9.32. The van der Waals surface area contributed by atoms with Crippen molar-refractivity contribution in [3.63, 3.8) is 0 Å². The highest BCUT2D eigenvalue weighted by atomic mass is 32.1. The lowest BCUT2D eigenvalue weighted by molar-refractivity contribution is 0.356. The number of para-hydroxylation sites is 1. The Kier molecular flexibility index (Phi) is 6.14. The van der Waals surface area contributed by atoms with Gasteiger partial charge in [0.05, 0.1) is 30.3 Å². The Morgan fingerprint density at radius 3 is 2.29 bits per heavy atom. The van der Waals surface area contributed by atoms with E-state index in [-0.39, 0.29) is 0 Å². The van der Waals surface area contributed by atoms with Crippen molar-refractivity contribution in [2.24, 2.45) is 0 Å². The summed E-state index contributed by atoms with van der Waals surface area (Å²) in [6, 6.07) is 21.1. The van der Waals surface area contributed by atoms with Gasteiger partial charge in [-0.15, -0.1) is 0 Å². The van der Waals surface area contributed by atoms with E-state index in [2.05, 4.69) is 9.97 Å². The maximum Gasteiger partial charge on any atom is 0.182 e. The summed E-state index contributed by atoms with van der Waals surface area (Å²) < 4.78 is 16.2. The van der Waals surface area contributed by atoms with E-state index < -0.39 is 0 Å². The summed E-state index contributed by atoms with van der Waals surface area (Å²) >= 11 is 1.43. The molecular formula is C24H21N3O3S. The first-order valence-electron chi connectivity index (χ1n) is 9.51. The molecule has 0 amide bonds. The van der Waals surface area contributed by atoms with Gasteiger partial charge >= 0.3 is 0 Å². The van der Waals surface area contributed by atoms with Crippen molar-refractivity contribution in [3.05, 3.63) is 79.1 Å². The molecule has 0 atom stereocenters. The third kappa shape index (κ3) is 4.67. The number of aromatic nitrogens is 2. The Hall–Kier alpha value is -3.84. The van der Waals surface area contributed by atoms with E-state index in [1.807, 2.05) is 66.7 Å². The molecule has 0 aliphatic heterocycles. The third-order valence-corrected chi connectivity index (χ3v) is 5.32. The second-order valence-corrected chi connectivity index (χ2v) is 7.57. The normalized spacial score (nSPS) is 10.4. The van der Waals surface area contributed by atoms with E-state index in [9.17, 15) is 0 Å². The SMILES string of the molecule is COc1cc2cccnc2cc1OC.Nc1ccc(Oc2ccnc3ccccc23)s1. The fourth-order valence-corrected chi connectivity index (χ4v) is 3.69. The van der Waals surface area contributed by atoms with Crippen LogP contribution in [0.1, 0.15) is 0 Å². The van der Waals surface area contributed by atoms with Crippen molar-refractivity contribution in [1.29, 1.82) is 0 Å². The molecule has 0 saturated heterocycles. The molecule has 5 aromatic rings. The minimum absolute atomic E-state index is 0.707. The zero-order chi connectivity index (χ0) is 21.6. The number of ether oxygens (including phenoxy) is 3. The number of anilines is 1. The summed E-state index contributed by atoms with van der Waals surface area (Å²) in [5.74, 6) is 2.24. The maximum absolute atomic E-state index is 5.81. The molecule has 7 heteroatoms. The van der Waals surface area contributed by atoms with E-state index in [4.69, 9.17) is 19.9 Å². The number of rotatable bonds is 4. The lowest BCUT2D eigenvalue weighted by atomic mass is 10.2. The van der Waals surface area contributed by atoms with Crippen LogP contribution in [0.15, 0.2) is 79.1 Å². The van der Waals surface area contributed by atoms with Crippen LogP contribution >= 0.6 is 11.3 Å². The van der Waals surface area contributed by atoms with Gasteiger partial charge in [-0.2, -0.15) is 0 Å². The summed E-state index contributed by atoms with van der Waals surface area (Å²) in [6.45, 7) is 0. The van der Waals surface area contributed by atoms with E-state index in [0.29, 0.717) is 5.75 Å². The molecule has 6 nitrogen and oxygen atoms in total. The zero-order valence-corrected chi connectivity index (χ0v) is 17.9. The summed E-state index contributed by atoms with van der Waals surface area (Å²) in [6.07, 6.45) is 3.50. The van der Waals surface area contributed by atoms with Crippen molar-refractivity contribution in [1.82, 2.24) is 9.97 Å². The topological polar surface area (TPSA) is 79.5 Å². The predicted molar refractivity (Wildman–Crippen MR) is 125 cm³/mol. The first-order valence-corrected chi connectivity index (χ1v) is 10.3. The first kappa shape index (κ1) is 20.4. The lowest BCUT2D eigenvalue weighted by Gasteiger charge is -2.08. The van der Waals surface area contributed by atoms with Crippen LogP contribution in [0, 0.1) is 0 Å². The number of nitrogen functional groups attached to an aromatic ring is 1. The van der Waals surface area contributed by atoms with Gasteiger partial charge in [0.15, 0.2) is 16.6 Å². The van der Waals surface area contributed by atoms with Crippen molar-refractivity contribution in [3.8, 4) is 22.3 Å². The summed E-state index contributed by atoms with van der Waals surface area (Å²) in [5.41, 5.74) is 7.50. The minimum Gasteiger partial charge on any atom is -0.493 e. The molecular weight excluding hydrogens is 410 g/mol. The van der Waals surface area contributed by atoms with Gasteiger partial charge in [-0.05, 0) is 42.5 Å². The Morgan fingerprint density at radius 2 is 1.52 bits per heavy atom. The van der Waals surface area contributed by atoms with Crippen LogP contribution in [0.25, 0.3) is 21.8 Å². The molecule has 0 saturated carbocycles. The molecule has 0 spiro atoms. The first-order chi connectivity index (χ1) is 15.2. The van der Waals surface area contributed by atoms with Gasteiger partial charge in [-0.25, -0.2) is 0 Å². The summed E-state index contributed by atoms with van der Waals surface area (Å²) in [4.78, 5) is 8.52. The number of nitrogens with two attached hydrogens (primary N) is 1. The fraction of sp³-hybridized carbons (Fsp3) is 0.0833. The molecule has 0 unspecified atom stereocenters. The van der Waals surface area contributed by atoms with Gasteiger partial charge in [0.2, 0.25) is 0 Å². The highest BCUT2D eigenvalue weighted by Crippen LogP contribution is 2.34. The molecule has 0 radical (unpaired) electrons. The molecule has 0 fully saturated rings. The van der Waals surface area contributed by atoms with E-state index >= 15 is 0 Å². The molecule has 5 rings (SSSR count). The number of hydrogen-bond acceptors (Lipinski definition) is 7. The number of pyridine rings is 2. The van der Waals surface area contributed by atoms with Gasteiger partial charge in [0.25, 0.3) is 0 Å². The molecule has 156 valence electrons. The molecule has 0 aliphatic rings. The van der Waals surface area contributed by atoms with Crippen LogP contribution in [0.3, 0.4) is 0 Å². The van der Waals surface area contributed by atoms with E-state index in [1.165, 1.54) is 11.3 Å². The standard InChI is InChI=1S/C13H10N2OS.C11H11NO2/c14-12-5-6-13(17-12)16-11-7-8-15-10-4-2-1-3-9(10)11;1-13-10-6-8-4-3-5-12-9(8)7-11(10)14-2/h1-8H,14H2;3-7H,1-2H3. The number of benzene rings is 2. The molecule has 0 aliphatic carbocycles. The van der Waals surface area contributed by atoms with Crippen LogP contribution in [-0.2, 0) is 0 Å². The van der Waals surface area contributed by atoms with Gasteiger partial charge < -0.3 is 19.9 Å². The smallest absolute Gasteiger partial charge is 0.182 e. The van der Waals surface area contributed by atoms with Crippen molar-refractivity contribution in [2.75, 3.05) is 20.0 Å². The molecule has 31 heavy (non-hydrogen) atoms. The number of hydrogen-bond donors (Lipinski definition) is 1. The van der Waals surface area contributed by atoms with Crippen LogP contribution in [0.2, 0.25) is 0 Å². The van der Waals surface area contributed by atoms with Crippen LogP contribution in [0.5, 0.6) is 22.3 Å². The van der Waals surface area contributed by atoms with Crippen molar-refractivity contribution in [2.45, 2.75) is 0 Å². The number of fused-ring (bicyclic) bond motifs is 2. The third-order valence-electron chi connectivity index (χ3n) is 4.53. The summed E-state index contributed by atoms with van der Waals surface area (Å²) in [5, 5.41) is 3.59. The average Bonchev–Trinajstić information content (AvgIpc) is 3.23. The minimum atomic E-state index is 0.707. The highest BCUT2D eigenvalue weighted by molar-refractivity contribution is 7.17. The molecule has 3 heterocycles. The van der Waals surface area contributed by atoms with Gasteiger partial charge in [0, 0.05) is 29.2 Å². The number of methoxy groups -OCH3 is 2.